The molecule has 3 heteroatoms. The zero-order valence-corrected chi connectivity index (χ0v) is 10.7. The van der Waals surface area contributed by atoms with Crippen molar-refractivity contribution in [3.63, 3.8) is 0 Å². The third-order valence-corrected chi connectivity index (χ3v) is 3.88. The Morgan fingerprint density at radius 3 is 2.47 bits per heavy atom. The van der Waals surface area contributed by atoms with Crippen LogP contribution in [0, 0.1) is 5.92 Å². The zero-order chi connectivity index (χ0) is 13.2. The molecule has 0 saturated carbocycles. The van der Waals surface area contributed by atoms with E-state index in [9.17, 15) is 9.59 Å². The number of fused-ring (bicyclic) bond motifs is 1. The van der Waals surface area contributed by atoms with Crippen molar-refractivity contribution in [3.05, 3.63) is 47.0 Å². The molecule has 1 aliphatic heterocycles. The van der Waals surface area contributed by atoms with E-state index in [1.165, 1.54) is 6.08 Å². The van der Waals surface area contributed by atoms with Gasteiger partial charge in [0.25, 0.3) is 0 Å². The standard InChI is InChI=1S/C16H16O3/c17-15-10-12(9-11-5-7-19-8-6-11)16(18)14-4-2-1-3-13(14)15/h1-4,10-11H,5-9H2. The topological polar surface area (TPSA) is 43.4 Å². The highest BCUT2D eigenvalue weighted by Gasteiger charge is 2.27. The lowest BCUT2D eigenvalue weighted by molar-refractivity contribution is 0.0656. The van der Waals surface area contributed by atoms with E-state index in [2.05, 4.69) is 0 Å². The van der Waals surface area contributed by atoms with Gasteiger partial charge < -0.3 is 4.74 Å². The number of allylic oxidation sites excluding steroid dienone is 2. The summed E-state index contributed by atoms with van der Waals surface area (Å²) in [6, 6.07) is 7.06. The summed E-state index contributed by atoms with van der Waals surface area (Å²) in [5.74, 6) is 0.431. The molecule has 0 aromatic heterocycles. The van der Waals surface area contributed by atoms with Gasteiger partial charge in [0.15, 0.2) is 11.6 Å². The summed E-state index contributed by atoms with van der Waals surface area (Å²) in [5, 5.41) is 0. The van der Waals surface area contributed by atoms with Crippen LogP contribution in [0.2, 0.25) is 0 Å². The van der Waals surface area contributed by atoms with Crippen LogP contribution in [-0.4, -0.2) is 24.8 Å². The molecular weight excluding hydrogens is 240 g/mol. The first-order chi connectivity index (χ1) is 9.25. The van der Waals surface area contributed by atoms with Crippen molar-refractivity contribution >= 4 is 11.6 Å². The molecule has 0 atom stereocenters. The lowest BCUT2D eigenvalue weighted by atomic mass is 9.83. The van der Waals surface area contributed by atoms with Crippen molar-refractivity contribution in [3.8, 4) is 0 Å². The fourth-order valence-electron chi connectivity index (χ4n) is 2.78. The minimum Gasteiger partial charge on any atom is -0.381 e. The highest BCUT2D eigenvalue weighted by molar-refractivity contribution is 6.24. The second kappa shape index (κ2) is 5.10. The molecule has 0 spiro atoms. The first-order valence-electron chi connectivity index (χ1n) is 6.72. The largest absolute Gasteiger partial charge is 0.381 e. The number of rotatable bonds is 2. The maximum Gasteiger partial charge on any atom is 0.189 e. The number of Topliss-reactive ketones (excluding diaryl/α,β-unsaturated/α-hetero) is 1. The van der Waals surface area contributed by atoms with Crippen LogP contribution >= 0.6 is 0 Å². The van der Waals surface area contributed by atoms with Crippen LogP contribution in [0.4, 0.5) is 0 Å². The Hall–Kier alpha value is -1.74. The smallest absolute Gasteiger partial charge is 0.189 e. The molecule has 3 rings (SSSR count). The lowest BCUT2D eigenvalue weighted by Gasteiger charge is -2.24. The third-order valence-electron chi connectivity index (χ3n) is 3.88. The van der Waals surface area contributed by atoms with Gasteiger partial charge in [0.2, 0.25) is 0 Å². The number of ether oxygens (including phenoxy) is 1. The monoisotopic (exact) mass is 256 g/mol. The van der Waals surface area contributed by atoms with Crippen LogP contribution < -0.4 is 0 Å². The molecule has 1 aromatic carbocycles. The highest BCUT2D eigenvalue weighted by Crippen LogP contribution is 2.28. The maximum absolute atomic E-state index is 12.4. The Labute approximate surface area is 112 Å². The predicted octanol–water partition coefficient (Wildman–Crippen LogP) is 2.81. The van der Waals surface area contributed by atoms with E-state index in [4.69, 9.17) is 4.74 Å². The van der Waals surface area contributed by atoms with Gasteiger partial charge in [-0.15, -0.1) is 0 Å². The van der Waals surface area contributed by atoms with Crippen LogP contribution in [0.5, 0.6) is 0 Å². The minimum absolute atomic E-state index is 0.0155. The number of hydrogen-bond donors (Lipinski definition) is 0. The first-order valence-corrected chi connectivity index (χ1v) is 6.72. The van der Waals surface area contributed by atoms with Gasteiger partial charge in [0.05, 0.1) is 0 Å². The second-order valence-corrected chi connectivity index (χ2v) is 5.17. The average molecular weight is 256 g/mol. The lowest BCUT2D eigenvalue weighted by Crippen LogP contribution is -2.22. The Morgan fingerprint density at radius 2 is 1.74 bits per heavy atom. The van der Waals surface area contributed by atoms with Gasteiger partial charge in [0, 0.05) is 29.9 Å². The molecule has 3 nitrogen and oxygen atoms in total. The van der Waals surface area contributed by atoms with Crippen LogP contribution in [0.25, 0.3) is 0 Å². The summed E-state index contributed by atoms with van der Waals surface area (Å²) in [4.78, 5) is 24.4. The van der Waals surface area contributed by atoms with E-state index in [-0.39, 0.29) is 11.6 Å². The molecule has 1 aliphatic carbocycles. The number of carbonyl (C=O) groups is 2. The quantitative estimate of drug-likeness (QED) is 0.817. The normalized spacial score (nSPS) is 20.1. The van der Waals surface area contributed by atoms with Crippen molar-refractivity contribution in [1.29, 1.82) is 0 Å². The Kier molecular flexibility index (Phi) is 3.30. The van der Waals surface area contributed by atoms with E-state index in [1.807, 2.05) is 0 Å². The molecule has 1 aromatic rings. The summed E-state index contributed by atoms with van der Waals surface area (Å²) >= 11 is 0. The Bertz CT molecular complexity index is 551. The van der Waals surface area contributed by atoms with Gasteiger partial charge in [-0.05, 0) is 31.3 Å². The van der Waals surface area contributed by atoms with E-state index in [0.29, 0.717) is 29.0 Å². The minimum atomic E-state index is -0.0442. The van der Waals surface area contributed by atoms with Gasteiger partial charge in [-0.3, -0.25) is 9.59 Å². The van der Waals surface area contributed by atoms with Crippen molar-refractivity contribution in [2.75, 3.05) is 13.2 Å². The van der Waals surface area contributed by atoms with Gasteiger partial charge in [-0.25, -0.2) is 0 Å². The van der Waals surface area contributed by atoms with Gasteiger partial charge in [-0.2, -0.15) is 0 Å². The molecule has 0 bridgehead atoms. The fourth-order valence-corrected chi connectivity index (χ4v) is 2.78. The molecule has 2 aliphatic rings. The average Bonchev–Trinajstić information content (AvgIpc) is 2.46. The number of carbonyl (C=O) groups excluding carboxylic acids is 2. The molecule has 98 valence electrons. The molecule has 1 saturated heterocycles. The molecular formula is C16H16O3. The van der Waals surface area contributed by atoms with Crippen LogP contribution in [0.1, 0.15) is 40.0 Å². The van der Waals surface area contributed by atoms with Crippen LogP contribution in [0.3, 0.4) is 0 Å². The number of hydrogen-bond acceptors (Lipinski definition) is 3. The SMILES string of the molecule is O=C1C=C(CC2CCOCC2)C(=O)c2ccccc21. The van der Waals surface area contributed by atoms with Gasteiger partial charge >= 0.3 is 0 Å². The van der Waals surface area contributed by atoms with Crippen LogP contribution in [0.15, 0.2) is 35.9 Å². The van der Waals surface area contributed by atoms with E-state index in [0.717, 1.165) is 26.1 Å². The van der Waals surface area contributed by atoms with E-state index < -0.39 is 0 Å². The molecule has 0 N–H and O–H groups in total. The first kappa shape index (κ1) is 12.3. The summed E-state index contributed by atoms with van der Waals surface area (Å²) in [6.45, 7) is 1.52. The van der Waals surface area contributed by atoms with E-state index >= 15 is 0 Å². The van der Waals surface area contributed by atoms with E-state index in [1.54, 1.807) is 24.3 Å². The summed E-state index contributed by atoms with van der Waals surface area (Å²) in [5.41, 5.74) is 1.75. The third kappa shape index (κ3) is 2.38. The van der Waals surface area contributed by atoms with Crippen LogP contribution in [-0.2, 0) is 4.74 Å². The van der Waals surface area contributed by atoms with Gasteiger partial charge in [0.1, 0.15) is 0 Å². The molecule has 0 unspecified atom stereocenters. The number of benzene rings is 1. The second-order valence-electron chi connectivity index (χ2n) is 5.17. The maximum atomic E-state index is 12.4. The Balaban J connectivity index is 1.84. The zero-order valence-electron chi connectivity index (χ0n) is 10.7. The molecule has 1 fully saturated rings. The van der Waals surface area contributed by atoms with Crippen molar-refractivity contribution in [2.45, 2.75) is 19.3 Å². The van der Waals surface area contributed by atoms with Crippen molar-refractivity contribution < 1.29 is 14.3 Å². The summed E-state index contributed by atoms with van der Waals surface area (Å²) in [7, 11) is 0. The molecule has 0 radical (unpaired) electrons. The van der Waals surface area contributed by atoms with Gasteiger partial charge in [-0.1, -0.05) is 24.3 Å². The van der Waals surface area contributed by atoms with Crippen molar-refractivity contribution in [2.24, 2.45) is 5.92 Å². The molecule has 0 amide bonds. The molecule has 19 heavy (non-hydrogen) atoms. The fraction of sp³-hybridized carbons (Fsp3) is 0.375. The summed E-state index contributed by atoms with van der Waals surface area (Å²) < 4.78 is 5.32. The number of ketones is 2. The predicted molar refractivity (Wildman–Crippen MR) is 71.3 cm³/mol. The summed E-state index contributed by atoms with van der Waals surface area (Å²) in [6.07, 6.45) is 4.17. The molecule has 1 heterocycles. The highest BCUT2D eigenvalue weighted by atomic mass is 16.5. The van der Waals surface area contributed by atoms with Crippen molar-refractivity contribution in [1.82, 2.24) is 0 Å². The Morgan fingerprint density at radius 1 is 1.05 bits per heavy atom.